The number of thioether (sulfide) groups is 1. The van der Waals surface area contributed by atoms with E-state index in [1.54, 1.807) is 48.7 Å². The fourth-order valence-electron chi connectivity index (χ4n) is 3.73. The molecule has 0 spiro atoms. The molecule has 4 aromatic rings. The Balaban J connectivity index is 1.64. The number of rotatable bonds is 12. The quantitative estimate of drug-likeness (QED) is 0.0931. The van der Waals surface area contributed by atoms with Gasteiger partial charge in [0.15, 0.2) is 11.0 Å². The van der Waals surface area contributed by atoms with Crippen LogP contribution in [0, 0.1) is 0 Å². The van der Waals surface area contributed by atoms with Gasteiger partial charge in [-0.1, -0.05) is 62.3 Å². The maximum absolute atomic E-state index is 13.5. The number of ether oxygens (including phenoxy) is 4. The number of nitrogens with zero attached hydrogens (tertiary/aromatic N) is 3. The molecule has 0 unspecified atom stereocenters. The summed E-state index contributed by atoms with van der Waals surface area (Å²) in [5.74, 6) is 0.393. The monoisotopic (exact) mass is 673 g/mol. The van der Waals surface area contributed by atoms with E-state index in [4.69, 9.17) is 30.5 Å². The van der Waals surface area contributed by atoms with Gasteiger partial charge in [-0.2, -0.15) is 4.98 Å². The second-order valence-electron chi connectivity index (χ2n) is 10.3. The van der Waals surface area contributed by atoms with E-state index in [0.717, 1.165) is 17.3 Å². The predicted molar refractivity (Wildman–Crippen MR) is 173 cm³/mol. The molecule has 0 atom stereocenters. The summed E-state index contributed by atoms with van der Waals surface area (Å²) in [5, 5.41) is 2.89. The second-order valence-corrected chi connectivity index (χ2v) is 13.2. The van der Waals surface area contributed by atoms with E-state index in [1.807, 2.05) is 20.8 Å². The summed E-state index contributed by atoms with van der Waals surface area (Å²) in [6.45, 7) is 5.76. The molecular formula is C30H32ClN5O7S2. The minimum atomic E-state index is -4.15. The lowest BCUT2D eigenvalue weighted by Crippen LogP contribution is -2.19. The average molecular weight is 674 g/mol. The Hall–Kier alpha value is -4.27. The van der Waals surface area contributed by atoms with Crippen LogP contribution in [0.2, 0.25) is 5.02 Å². The summed E-state index contributed by atoms with van der Waals surface area (Å²) in [5.41, 5.74) is 0.804. The van der Waals surface area contributed by atoms with Crippen LogP contribution in [0.4, 0.5) is 16.4 Å². The highest BCUT2D eigenvalue weighted by molar-refractivity contribution is 7.98. The van der Waals surface area contributed by atoms with Gasteiger partial charge in [-0.15, -0.1) is 0 Å². The summed E-state index contributed by atoms with van der Waals surface area (Å²) in [7, 11) is -2.67. The van der Waals surface area contributed by atoms with Gasteiger partial charge in [0.2, 0.25) is 5.75 Å². The van der Waals surface area contributed by atoms with Crippen molar-refractivity contribution in [2.24, 2.45) is 0 Å². The molecule has 0 aliphatic heterocycles. The molecule has 0 saturated carbocycles. The van der Waals surface area contributed by atoms with Gasteiger partial charge in [0.1, 0.15) is 30.5 Å². The fourth-order valence-corrected chi connectivity index (χ4v) is 5.25. The third-order valence-electron chi connectivity index (χ3n) is 6.06. The number of carbonyl (C=O) groups excluding carboxylic acids is 1. The SMILES string of the molecule is COc1ccc(Cl)c(Oc2c(NS(=O)(=O)c3ccc(C(C)(C)C)cc3)nc(SC)nc2OCCOC(=O)Nc2ccccn2)c1. The van der Waals surface area contributed by atoms with Crippen LogP contribution in [0.5, 0.6) is 23.1 Å². The van der Waals surface area contributed by atoms with Gasteiger partial charge in [-0.05, 0) is 53.6 Å². The molecule has 0 fully saturated rings. The zero-order chi connectivity index (χ0) is 32.6. The van der Waals surface area contributed by atoms with Crippen LogP contribution in [0.25, 0.3) is 0 Å². The van der Waals surface area contributed by atoms with Crippen molar-refractivity contribution in [2.45, 2.75) is 36.2 Å². The molecule has 15 heteroatoms. The number of carbonyl (C=O) groups is 1. The number of hydrogen-bond donors (Lipinski definition) is 2. The number of aromatic nitrogens is 3. The van der Waals surface area contributed by atoms with Crippen molar-refractivity contribution < 1.29 is 32.2 Å². The Morgan fingerprint density at radius 1 is 1.02 bits per heavy atom. The van der Waals surface area contributed by atoms with Gasteiger partial charge in [0.05, 0.1) is 17.0 Å². The van der Waals surface area contributed by atoms with Crippen molar-refractivity contribution in [3.63, 3.8) is 0 Å². The Morgan fingerprint density at radius 3 is 2.42 bits per heavy atom. The first-order valence-corrected chi connectivity index (χ1v) is 16.6. The molecule has 4 rings (SSSR count). The van der Waals surface area contributed by atoms with Crippen molar-refractivity contribution >= 4 is 51.1 Å². The lowest BCUT2D eigenvalue weighted by atomic mass is 9.87. The van der Waals surface area contributed by atoms with E-state index in [9.17, 15) is 13.2 Å². The molecule has 0 saturated heterocycles. The second kappa shape index (κ2) is 14.7. The van der Waals surface area contributed by atoms with Crippen LogP contribution in [-0.2, 0) is 20.2 Å². The fraction of sp³-hybridized carbons (Fsp3) is 0.267. The molecule has 0 radical (unpaired) electrons. The molecule has 0 aliphatic carbocycles. The number of halogens is 1. The number of anilines is 2. The first-order valence-electron chi connectivity index (χ1n) is 13.5. The van der Waals surface area contributed by atoms with E-state index >= 15 is 0 Å². The Labute approximate surface area is 270 Å². The van der Waals surface area contributed by atoms with Gasteiger partial charge in [-0.3, -0.25) is 10.0 Å². The number of amides is 1. The third-order valence-corrected chi connectivity index (χ3v) is 8.27. The minimum Gasteiger partial charge on any atom is -0.497 e. The molecule has 0 bridgehead atoms. The smallest absolute Gasteiger partial charge is 0.412 e. The molecular weight excluding hydrogens is 642 g/mol. The van der Waals surface area contributed by atoms with Crippen molar-refractivity contribution in [1.29, 1.82) is 0 Å². The number of pyridine rings is 1. The average Bonchev–Trinajstić information content (AvgIpc) is 3.01. The molecule has 2 heterocycles. The Kier molecular flexibility index (Phi) is 11.0. The lowest BCUT2D eigenvalue weighted by Gasteiger charge is -2.20. The van der Waals surface area contributed by atoms with Gasteiger partial charge in [0.25, 0.3) is 15.9 Å². The molecule has 2 N–H and O–H groups in total. The summed E-state index contributed by atoms with van der Waals surface area (Å²) >= 11 is 7.55. The number of sulfonamides is 1. The highest BCUT2D eigenvalue weighted by Crippen LogP contribution is 2.41. The highest BCUT2D eigenvalue weighted by atomic mass is 35.5. The maximum atomic E-state index is 13.5. The third kappa shape index (κ3) is 9.12. The molecule has 238 valence electrons. The number of hydrogen-bond acceptors (Lipinski definition) is 11. The summed E-state index contributed by atoms with van der Waals surface area (Å²) in [4.78, 5) is 24.9. The molecule has 2 aromatic carbocycles. The van der Waals surface area contributed by atoms with Crippen molar-refractivity contribution in [2.75, 3.05) is 36.6 Å². The van der Waals surface area contributed by atoms with Crippen LogP contribution in [0.3, 0.4) is 0 Å². The lowest BCUT2D eigenvalue weighted by molar-refractivity contribution is 0.135. The summed E-state index contributed by atoms with van der Waals surface area (Å²) in [6, 6.07) is 16.3. The normalized spacial score (nSPS) is 11.4. The van der Waals surface area contributed by atoms with E-state index in [2.05, 4.69) is 25.0 Å². The summed E-state index contributed by atoms with van der Waals surface area (Å²) < 4.78 is 52.0. The van der Waals surface area contributed by atoms with Crippen molar-refractivity contribution in [1.82, 2.24) is 15.0 Å². The Bertz CT molecular complexity index is 1740. The van der Waals surface area contributed by atoms with Gasteiger partial charge in [0, 0.05) is 12.3 Å². The minimum absolute atomic E-state index is 0.0139. The first-order chi connectivity index (χ1) is 21.4. The van der Waals surface area contributed by atoms with Crippen LogP contribution in [0.1, 0.15) is 26.3 Å². The Morgan fingerprint density at radius 2 is 1.78 bits per heavy atom. The zero-order valence-corrected chi connectivity index (χ0v) is 27.5. The van der Waals surface area contributed by atoms with Crippen LogP contribution < -0.4 is 24.2 Å². The number of methoxy groups -OCH3 is 1. The van der Waals surface area contributed by atoms with Crippen LogP contribution >= 0.6 is 23.4 Å². The zero-order valence-electron chi connectivity index (χ0n) is 25.2. The topological polar surface area (TPSA) is 151 Å². The maximum Gasteiger partial charge on any atom is 0.412 e. The molecule has 0 aliphatic rings. The van der Waals surface area contributed by atoms with Crippen molar-refractivity contribution in [3.05, 3.63) is 77.4 Å². The van der Waals surface area contributed by atoms with Crippen LogP contribution in [-0.4, -0.2) is 56.0 Å². The van der Waals surface area contributed by atoms with Gasteiger partial charge in [-0.25, -0.2) is 23.2 Å². The number of benzene rings is 2. The van der Waals surface area contributed by atoms with Gasteiger partial charge < -0.3 is 18.9 Å². The van der Waals surface area contributed by atoms with Crippen molar-refractivity contribution in [3.8, 4) is 23.1 Å². The highest BCUT2D eigenvalue weighted by Gasteiger charge is 2.25. The van der Waals surface area contributed by atoms with E-state index < -0.39 is 16.1 Å². The first kappa shape index (κ1) is 33.6. The van der Waals surface area contributed by atoms with Gasteiger partial charge >= 0.3 is 6.09 Å². The van der Waals surface area contributed by atoms with E-state index in [-0.39, 0.29) is 56.9 Å². The van der Waals surface area contributed by atoms with Crippen LogP contribution in [0.15, 0.2) is 76.9 Å². The summed E-state index contributed by atoms with van der Waals surface area (Å²) in [6.07, 6.45) is 2.50. The molecule has 45 heavy (non-hydrogen) atoms. The predicted octanol–water partition coefficient (Wildman–Crippen LogP) is 6.77. The van der Waals surface area contributed by atoms with E-state index in [0.29, 0.717) is 11.6 Å². The molecule has 12 nitrogen and oxygen atoms in total. The number of nitrogens with one attached hydrogen (secondary N) is 2. The standard InChI is InChI=1S/C30H32ClN5O7S2/c1-30(2,3)19-9-12-21(13-10-19)45(38,39)36-26-25(43-23-18-20(40-4)11-14-22(23)31)27(35-28(34-26)44-5)41-16-17-42-29(37)33-24-8-6-7-15-32-24/h6-15,18H,16-17H2,1-5H3,(H,32,33,37)(H,34,35,36). The van der Waals surface area contributed by atoms with E-state index in [1.165, 1.54) is 31.5 Å². The molecule has 1 amide bonds. The largest absolute Gasteiger partial charge is 0.497 e. The molecule has 2 aromatic heterocycles.